The van der Waals surface area contributed by atoms with Gasteiger partial charge in [-0.1, -0.05) is 19.1 Å². The lowest BCUT2D eigenvalue weighted by Crippen LogP contribution is -2.26. The van der Waals surface area contributed by atoms with E-state index < -0.39 is 0 Å². The smallest absolute Gasteiger partial charge is 0.146 e. The maximum atomic E-state index is 14.2. The van der Waals surface area contributed by atoms with Gasteiger partial charge in [0, 0.05) is 6.20 Å². The summed E-state index contributed by atoms with van der Waals surface area (Å²) in [5.74, 6) is -0.260. The summed E-state index contributed by atoms with van der Waals surface area (Å²) in [5.41, 5.74) is 5.21. The van der Waals surface area contributed by atoms with Crippen molar-refractivity contribution in [3.63, 3.8) is 0 Å². The van der Waals surface area contributed by atoms with Crippen LogP contribution < -0.4 is 5.32 Å². The van der Waals surface area contributed by atoms with E-state index in [0.717, 1.165) is 24.1 Å². The van der Waals surface area contributed by atoms with Crippen molar-refractivity contribution in [2.75, 3.05) is 6.54 Å². The van der Waals surface area contributed by atoms with Crippen LogP contribution in [0.5, 0.6) is 0 Å². The van der Waals surface area contributed by atoms with Crippen LogP contribution >= 0.6 is 0 Å². The van der Waals surface area contributed by atoms with E-state index in [1.54, 1.807) is 12.3 Å². The van der Waals surface area contributed by atoms with Crippen LogP contribution in [0.2, 0.25) is 0 Å². The van der Waals surface area contributed by atoms with Crippen molar-refractivity contribution in [3.05, 3.63) is 64.2 Å². The minimum absolute atomic E-state index is 0.203. The van der Waals surface area contributed by atoms with Crippen LogP contribution in [-0.4, -0.2) is 11.5 Å². The number of halogens is 1. The molecule has 1 N–H and O–H groups in total. The molecule has 0 bridgehead atoms. The molecule has 2 rings (SSSR count). The molecular weight excluding hydrogens is 263 g/mol. The fraction of sp³-hybridized carbons (Fsp3) is 0.389. The molecule has 2 nitrogen and oxygen atoms in total. The number of hydrogen-bond acceptors (Lipinski definition) is 2. The molecule has 1 unspecified atom stereocenters. The first-order valence-electron chi connectivity index (χ1n) is 7.46. The van der Waals surface area contributed by atoms with E-state index in [9.17, 15) is 4.39 Å². The second-order valence-corrected chi connectivity index (χ2v) is 5.55. The number of pyridine rings is 1. The second kappa shape index (κ2) is 6.81. The predicted molar refractivity (Wildman–Crippen MR) is 85.0 cm³/mol. The van der Waals surface area contributed by atoms with Gasteiger partial charge in [-0.15, -0.1) is 0 Å². The Kier molecular flexibility index (Phi) is 5.07. The SMILES string of the molecule is CCCNC(c1cc(C)c(C)cc1C)c1ncccc1F. The average Bonchev–Trinajstić information content (AvgIpc) is 2.46. The Labute approximate surface area is 126 Å². The first kappa shape index (κ1) is 15.6. The second-order valence-electron chi connectivity index (χ2n) is 5.55. The summed E-state index contributed by atoms with van der Waals surface area (Å²) in [5, 5.41) is 3.43. The summed E-state index contributed by atoms with van der Waals surface area (Å²) in [4.78, 5) is 4.26. The molecule has 1 heterocycles. The van der Waals surface area contributed by atoms with Crippen LogP contribution in [0, 0.1) is 26.6 Å². The number of nitrogens with zero attached hydrogens (tertiary/aromatic N) is 1. The molecule has 0 amide bonds. The van der Waals surface area contributed by atoms with Crippen molar-refractivity contribution in [2.45, 2.75) is 40.2 Å². The maximum absolute atomic E-state index is 14.2. The highest BCUT2D eigenvalue weighted by atomic mass is 19.1. The predicted octanol–water partition coefficient (Wildman–Crippen LogP) is 4.23. The van der Waals surface area contributed by atoms with Gasteiger partial charge in [-0.25, -0.2) is 4.39 Å². The first-order valence-corrected chi connectivity index (χ1v) is 7.46. The molecule has 0 saturated carbocycles. The number of benzene rings is 1. The number of nitrogens with one attached hydrogen (secondary N) is 1. The lowest BCUT2D eigenvalue weighted by molar-refractivity contribution is 0.530. The van der Waals surface area contributed by atoms with Crippen molar-refractivity contribution in [3.8, 4) is 0 Å². The quantitative estimate of drug-likeness (QED) is 0.889. The number of aromatic nitrogens is 1. The zero-order valence-electron chi connectivity index (χ0n) is 13.2. The monoisotopic (exact) mass is 286 g/mol. The normalized spacial score (nSPS) is 12.4. The van der Waals surface area contributed by atoms with E-state index in [0.29, 0.717) is 5.69 Å². The van der Waals surface area contributed by atoms with Crippen molar-refractivity contribution in [1.29, 1.82) is 0 Å². The van der Waals surface area contributed by atoms with Gasteiger partial charge in [-0.2, -0.15) is 0 Å². The number of aryl methyl sites for hydroxylation is 3. The third-order valence-corrected chi connectivity index (χ3v) is 3.85. The van der Waals surface area contributed by atoms with Crippen molar-refractivity contribution >= 4 is 0 Å². The van der Waals surface area contributed by atoms with Crippen molar-refractivity contribution in [2.24, 2.45) is 0 Å². The zero-order valence-corrected chi connectivity index (χ0v) is 13.2. The van der Waals surface area contributed by atoms with E-state index >= 15 is 0 Å². The minimum atomic E-state index is -0.260. The highest BCUT2D eigenvalue weighted by Crippen LogP contribution is 2.27. The van der Waals surface area contributed by atoms with Gasteiger partial charge in [0.15, 0.2) is 0 Å². The van der Waals surface area contributed by atoms with Crippen LogP contribution in [0.15, 0.2) is 30.5 Å². The summed E-state index contributed by atoms with van der Waals surface area (Å²) >= 11 is 0. The molecule has 2 aromatic rings. The van der Waals surface area contributed by atoms with Gasteiger partial charge < -0.3 is 5.32 Å². The third kappa shape index (κ3) is 3.48. The molecule has 0 aliphatic carbocycles. The van der Waals surface area contributed by atoms with E-state index in [-0.39, 0.29) is 11.9 Å². The Morgan fingerprint density at radius 1 is 1.14 bits per heavy atom. The van der Waals surface area contributed by atoms with E-state index in [4.69, 9.17) is 0 Å². The summed E-state index contributed by atoms with van der Waals surface area (Å²) in [7, 11) is 0. The Morgan fingerprint density at radius 2 is 1.86 bits per heavy atom. The standard InChI is InChI=1S/C18H23FN2/c1-5-8-20-17(18-16(19)7-6-9-21-18)15-11-13(3)12(2)10-14(15)4/h6-7,9-11,17,20H,5,8H2,1-4H3. The minimum Gasteiger partial charge on any atom is -0.305 e. The van der Waals surface area contributed by atoms with Gasteiger partial charge in [-0.05, 0) is 68.1 Å². The van der Waals surface area contributed by atoms with Gasteiger partial charge >= 0.3 is 0 Å². The zero-order chi connectivity index (χ0) is 15.4. The van der Waals surface area contributed by atoms with Crippen LogP contribution in [-0.2, 0) is 0 Å². The molecule has 0 aliphatic rings. The molecule has 112 valence electrons. The van der Waals surface area contributed by atoms with Gasteiger partial charge in [0.1, 0.15) is 5.82 Å². The van der Waals surface area contributed by atoms with Crippen LogP contribution in [0.3, 0.4) is 0 Å². The van der Waals surface area contributed by atoms with Crippen molar-refractivity contribution in [1.82, 2.24) is 10.3 Å². The lowest BCUT2D eigenvalue weighted by Gasteiger charge is -2.22. The van der Waals surface area contributed by atoms with Gasteiger partial charge in [0.25, 0.3) is 0 Å². The number of rotatable bonds is 5. The van der Waals surface area contributed by atoms with Crippen LogP contribution in [0.4, 0.5) is 4.39 Å². The highest BCUT2D eigenvalue weighted by Gasteiger charge is 2.20. The van der Waals surface area contributed by atoms with Gasteiger partial charge in [0.2, 0.25) is 0 Å². The Bertz CT molecular complexity index is 623. The Hall–Kier alpha value is -1.74. The van der Waals surface area contributed by atoms with Gasteiger partial charge in [-0.3, -0.25) is 4.98 Å². The summed E-state index contributed by atoms with van der Waals surface area (Å²) in [6.45, 7) is 9.19. The molecule has 3 heteroatoms. The molecule has 0 saturated heterocycles. The Morgan fingerprint density at radius 3 is 2.52 bits per heavy atom. The van der Waals surface area contributed by atoms with Crippen molar-refractivity contribution < 1.29 is 4.39 Å². The molecule has 1 aromatic carbocycles. The fourth-order valence-corrected chi connectivity index (χ4v) is 2.55. The third-order valence-electron chi connectivity index (χ3n) is 3.85. The highest BCUT2D eigenvalue weighted by molar-refractivity contribution is 5.41. The average molecular weight is 286 g/mol. The molecule has 1 atom stereocenters. The molecule has 21 heavy (non-hydrogen) atoms. The summed E-state index contributed by atoms with van der Waals surface area (Å²) in [6, 6.07) is 7.20. The van der Waals surface area contributed by atoms with E-state index in [2.05, 4.69) is 50.1 Å². The largest absolute Gasteiger partial charge is 0.305 e. The van der Waals surface area contributed by atoms with E-state index in [1.807, 2.05) is 0 Å². The molecule has 0 fully saturated rings. The van der Waals surface area contributed by atoms with E-state index in [1.165, 1.54) is 17.2 Å². The van der Waals surface area contributed by atoms with Gasteiger partial charge in [0.05, 0.1) is 11.7 Å². The topological polar surface area (TPSA) is 24.9 Å². The Balaban J connectivity index is 2.51. The first-order chi connectivity index (χ1) is 10.0. The summed E-state index contributed by atoms with van der Waals surface area (Å²) in [6.07, 6.45) is 2.64. The van der Waals surface area contributed by atoms with Crippen LogP contribution in [0.1, 0.15) is 47.3 Å². The molecular formula is C18H23FN2. The fourth-order valence-electron chi connectivity index (χ4n) is 2.55. The maximum Gasteiger partial charge on any atom is 0.146 e. The molecule has 0 radical (unpaired) electrons. The molecule has 1 aromatic heterocycles. The van der Waals surface area contributed by atoms with Crippen LogP contribution in [0.25, 0.3) is 0 Å². The lowest BCUT2D eigenvalue weighted by atomic mass is 9.93. The summed E-state index contributed by atoms with van der Waals surface area (Å²) < 4.78 is 14.2. The number of hydrogen-bond donors (Lipinski definition) is 1. The molecule has 0 spiro atoms. The molecule has 0 aliphatic heterocycles.